The average Bonchev–Trinajstić information content (AvgIpc) is 3.42. The Labute approximate surface area is 281 Å². The van der Waals surface area contributed by atoms with E-state index in [1.165, 1.54) is 38.5 Å². The van der Waals surface area contributed by atoms with Crippen molar-refractivity contribution in [2.75, 3.05) is 13.2 Å². The van der Waals surface area contributed by atoms with Crippen LogP contribution in [-0.2, 0) is 12.8 Å². The van der Waals surface area contributed by atoms with Gasteiger partial charge in [0.2, 0.25) is 5.88 Å². The summed E-state index contributed by atoms with van der Waals surface area (Å²) in [6.07, 6.45) is 10.1. The van der Waals surface area contributed by atoms with E-state index >= 15 is 0 Å². The molecule has 4 aromatic carbocycles. The molecule has 1 aromatic heterocycles. The third-order valence-electron chi connectivity index (χ3n) is 8.33. The molecule has 1 heterocycles. The smallest absolute Gasteiger partial charge is 0.307 e. The summed E-state index contributed by atoms with van der Waals surface area (Å²) in [5.74, 6) is 0.753. The molecule has 7 heteroatoms. The molecule has 0 unspecified atom stereocenters. The lowest BCUT2D eigenvalue weighted by Crippen LogP contribution is -2.25. The van der Waals surface area contributed by atoms with Crippen LogP contribution in [0.25, 0.3) is 22.3 Å². The van der Waals surface area contributed by atoms with E-state index in [1.54, 1.807) is 0 Å². The van der Waals surface area contributed by atoms with Crippen LogP contribution >= 0.6 is 11.3 Å². The van der Waals surface area contributed by atoms with Gasteiger partial charge in [0.15, 0.2) is 0 Å². The summed E-state index contributed by atoms with van der Waals surface area (Å²) in [7, 11) is 0. The molecule has 6 nitrogen and oxygen atoms in total. The van der Waals surface area contributed by atoms with E-state index in [0.717, 1.165) is 69.9 Å². The molecule has 0 bridgehead atoms. The fourth-order valence-corrected chi connectivity index (χ4v) is 6.37. The summed E-state index contributed by atoms with van der Waals surface area (Å²) in [6.45, 7) is 3.54. The summed E-state index contributed by atoms with van der Waals surface area (Å²) >= 11 is 1.03. The lowest BCUT2D eigenvalue weighted by Gasteiger charge is -2.09. The molecule has 5 aromatic rings. The largest absolute Gasteiger partial charge is 0.494 e. The number of H-pyrrole nitrogens is 1. The first-order chi connectivity index (χ1) is 23.0. The molecule has 0 saturated heterocycles. The second-order valence-corrected chi connectivity index (χ2v) is 13.0. The Hall–Kier alpha value is -4.62. The predicted octanol–water partition coefficient (Wildman–Crippen LogP) is 9.17. The van der Waals surface area contributed by atoms with Crippen LogP contribution in [0.3, 0.4) is 0 Å². The molecule has 5 rings (SSSR count). The number of hydrogen-bond donors (Lipinski definition) is 3. The summed E-state index contributed by atoms with van der Waals surface area (Å²) < 4.78 is 5.93. The van der Waals surface area contributed by atoms with E-state index in [0.29, 0.717) is 23.4 Å². The molecular formula is C40H44N2O4S. The van der Waals surface area contributed by atoms with Crippen molar-refractivity contribution in [2.45, 2.75) is 64.7 Å². The predicted molar refractivity (Wildman–Crippen MR) is 193 cm³/mol. The Bertz CT molecular complexity index is 1760. The van der Waals surface area contributed by atoms with Crippen LogP contribution in [0.4, 0.5) is 0 Å². The van der Waals surface area contributed by atoms with Crippen molar-refractivity contribution in [2.24, 2.45) is 0 Å². The molecule has 0 atom stereocenters. The topological polar surface area (TPSA) is 91.4 Å². The average molecular weight is 649 g/mol. The maximum absolute atomic E-state index is 12.9. The number of aromatic amines is 1. The fourth-order valence-electron chi connectivity index (χ4n) is 5.61. The van der Waals surface area contributed by atoms with Crippen LogP contribution in [0.15, 0.2) is 102 Å². The highest BCUT2D eigenvalue weighted by atomic mass is 32.1. The van der Waals surface area contributed by atoms with Gasteiger partial charge >= 0.3 is 4.87 Å². The van der Waals surface area contributed by atoms with Gasteiger partial charge in [-0.1, -0.05) is 130 Å². The van der Waals surface area contributed by atoms with Crippen LogP contribution in [0, 0.1) is 0 Å². The maximum atomic E-state index is 12.9. The molecule has 0 spiro atoms. The Morgan fingerprint density at radius 1 is 0.766 bits per heavy atom. The fraction of sp³-hybridized carbons (Fsp3) is 0.300. The SMILES string of the molecule is CCCCCCCCCOc1ccc(-c2ccc(C(=O)NCCc3cccc(-c4ccc(Cc5sc(=O)[nH]c5O)cc4)c3)cc2)cc1. The number of ether oxygens (including phenoxy) is 1. The number of aromatic nitrogens is 1. The number of benzene rings is 4. The number of thiazole rings is 1. The van der Waals surface area contributed by atoms with Crippen LogP contribution in [0.2, 0.25) is 0 Å². The molecule has 0 aliphatic rings. The number of unbranched alkanes of at least 4 members (excludes halogenated alkanes) is 6. The Morgan fingerprint density at radius 3 is 2.09 bits per heavy atom. The second-order valence-electron chi connectivity index (χ2n) is 11.9. The van der Waals surface area contributed by atoms with Gasteiger partial charge in [0.1, 0.15) is 5.75 Å². The van der Waals surface area contributed by atoms with Crippen LogP contribution in [0.1, 0.15) is 78.2 Å². The Balaban J connectivity index is 1.05. The van der Waals surface area contributed by atoms with Gasteiger partial charge in [0, 0.05) is 18.5 Å². The summed E-state index contributed by atoms with van der Waals surface area (Å²) in [5, 5.41) is 12.9. The van der Waals surface area contributed by atoms with Gasteiger partial charge < -0.3 is 15.2 Å². The van der Waals surface area contributed by atoms with Crippen molar-refractivity contribution in [3.05, 3.63) is 128 Å². The van der Waals surface area contributed by atoms with Crippen LogP contribution < -0.4 is 14.9 Å². The molecule has 1 amide bonds. The number of carbonyl (C=O) groups is 1. The van der Waals surface area contributed by atoms with Crippen LogP contribution in [-0.4, -0.2) is 29.1 Å². The number of rotatable bonds is 17. The van der Waals surface area contributed by atoms with E-state index in [4.69, 9.17) is 4.74 Å². The van der Waals surface area contributed by atoms with Gasteiger partial charge in [-0.25, -0.2) is 0 Å². The third-order valence-corrected chi connectivity index (χ3v) is 9.20. The number of carbonyl (C=O) groups excluding carboxylic acids is 1. The number of aromatic hydroxyl groups is 1. The van der Waals surface area contributed by atoms with Gasteiger partial charge in [-0.3, -0.25) is 14.6 Å². The standard InChI is InChI=1S/C40H44N2O4S/c1-2-3-4-5-6-7-8-26-46-36-22-20-32(21-23-36)31-16-18-34(19-17-31)38(43)41-25-24-29-10-9-11-35(27-29)33-14-12-30(13-15-33)28-37-39(44)42-40(45)47-37/h9-23,27,44H,2-8,24-26,28H2,1H3,(H,41,43)(H,42,45). The molecule has 0 aliphatic carbocycles. The zero-order valence-corrected chi connectivity index (χ0v) is 27.9. The molecule has 3 N–H and O–H groups in total. The van der Waals surface area contributed by atoms with Crippen molar-refractivity contribution in [1.82, 2.24) is 10.3 Å². The lowest BCUT2D eigenvalue weighted by atomic mass is 10.00. The minimum absolute atomic E-state index is 0.0540. The minimum Gasteiger partial charge on any atom is -0.494 e. The number of amides is 1. The second kappa shape index (κ2) is 17.3. The van der Waals surface area contributed by atoms with Gasteiger partial charge in [-0.15, -0.1) is 0 Å². The summed E-state index contributed by atoms with van der Waals surface area (Å²) in [4.78, 5) is 27.1. The maximum Gasteiger partial charge on any atom is 0.307 e. The summed E-state index contributed by atoms with van der Waals surface area (Å²) in [6, 6.07) is 32.3. The molecule has 0 fully saturated rings. The first kappa shape index (κ1) is 33.7. The van der Waals surface area contributed by atoms with E-state index in [9.17, 15) is 14.7 Å². The number of hydrogen-bond acceptors (Lipinski definition) is 5. The number of nitrogens with one attached hydrogen (secondary N) is 2. The zero-order valence-electron chi connectivity index (χ0n) is 27.1. The third kappa shape index (κ3) is 10.2. The van der Waals surface area contributed by atoms with E-state index in [2.05, 4.69) is 47.6 Å². The molecule has 47 heavy (non-hydrogen) atoms. The normalized spacial score (nSPS) is 11.0. The first-order valence-corrected chi connectivity index (χ1v) is 17.5. The van der Waals surface area contributed by atoms with Gasteiger partial charge in [-0.05, 0) is 70.5 Å². The zero-order chi connectivity index (χ0) is 32.8. The molecular weight excluding hydrogens is 605 g/mol. The summed E-state index contributed by atoms with van der Waals surface area (Å²) in [5.41, 5.74) is 7.12. The van der Waals surface area contributed by atoms with Crippen molar-refractivity contribution in [1.29, 1.82) is 0 Å². The van der Waals surface area contributed by atoms with Crippen molar-refractivity contribution in [3.8, 4) is 33.9 Å². The van der Waals surface area contributed by atoms with Crippen molar-refractivity contribution < 1.29 is 14.6 Å². The van der Waals surface area contributed by atoms with E-state index < -0.39 is 0 Å². The minimum atomic E-state index is -0.253. The van der Waals surface area contributed by atoms with E-state index in [-0.39, 0.29) is 16.7 Å². The molecule has 0 aliphatic heterocycles. The van der Waals surface area contributed by atoms with Gasteiger partial charge in [0.25, 0.3) is 5.91 Å². The lowest BCUT2D eigenvalue weighted by molar-refractivity contribution is 0.0954. The monoisotopic (exact) mass is 648 g/mol. The van der Waals surface area contributed by atoms with Gasteiger partial charge in [-0.2, -0.15) is 0 Å². The van der Waals surface area contributed by atoms with Crippen molar-refractivity contribution >= 4 is 17.2 Å². The van der Waals surface area contributed by atoms with Crippen LogP contribution in [0.5, 0.6) is 11.6 Å². The Kier molecular flexibility index (Phi) is 12.4. The molecule has 244 valence electrons. The van der Waals surface area contributed by atoms with Gasteiger partial charge in [0.05, 0.1) is 11.5 Å². The first-order valence-electron chi connectivity index (χ1n) is 16.7. The quantitative estimate of drug-likeness (QED) is 0.0877. The molecule has 0 saturated carbocycles. The highest BCUT2D eigenvalue weighted by Gasteiger charge is 2.09. The van der Waals surface area contributed by atoms with Crippen molar-refractivity contribution in [3.63, 3.8) is 0 Å². The van der Waals surface area contributed by atoms with E-state index in [1.807, 2.05) is 66.7 Å². The highest BCUT2D eigenvalue weighted by Crippen LogP contribution is 2.25. The Morgan fingerprint density at radius 2 is 1.40 bits per heavy atom. The molecule has 0 radical (unpaired) electrons. The highest BCUT2D eigenvalue weighted by molar-refractivity contribution is 7.09.